The summed E-state index contributed by atoms with van der Waals surface area (Å²) < 4.78 is 6.87. The third-order valence-corrected chi connectivity index (χ3v) is 3.80. The van der Waals surface area contributed by atoms with Gasteiger partial charge in [0.05, 0.1) is 25.0 Å². The van der Waals surface area contributed by atoms with E-state index in [1.807, 2.05) is 0 Å². The average Bonchev–Trinajstić information content (AvgIpc) is 2.93. The van der Waals surface area contributed by atoms with Gasteiger partial charge in [-0.1, -0.05) is 0 Å². The van der Waals surface area contributed by atoms with Gasteiger partial charge in [0.1, 0.15) is 5.54 Å². The van der Waals surface area contributed by atoms with Crippen LogP contribution >= 0.6 is 0 Å². The second kappa shape index (κ2) is 4.78. The van der Waals surface area contributed by atoms with E-state index in [2.05, 4.69) is 10.4 Å². The fourth-order valence-electron chi connectivity index (χ4n) is 2.64. The molecule has 8 heteroatoms. The van der Waals surface area contributed by atoms with Gasteiger partial charge in [0.2, 0.25) is 0 Å². The summed E-state index contributed by atoms with van der Waals surface area (Å²) in [7, 11) is 0. The Labute approximate surface area is 115 Å². The predicted molar refractivity (Wildman–Crippen MR) is 69.7 cm³/mol. The van der Waals surface area contributed by atoms with Crippen molar-refractivity contribution in [1.29, 1.82) is 0 Å². The van der Waals surface area contributed by atoms with Crippen LogP contribution in [0.2, 0.25) is 0 Å². The van der Waals surface area contributed by atoms with Gasteiger partial charge in [-0.3, -0.25) is 14.4 Å². The van der Waals surface area contributed by atoms with Crippen molar-refractivity contribution in [2.75, 3.05) is 25.5 Å². The average molecular weight is 279 g/mol. The second-order valence-electron chi connectivity index (χ2n) is 5.12. The first-order chi connectivity index (χ1) is 9.61. The first kappa shape index (κ1) is 12.9. The Kier molecular flexibility index (Phi) is 3.09. The fraction of sp³-hybridized carbons (Fsp3) is 0.583. The molecule has 0 atom stereocenters. The number of hydrogen-bond acceptors (Lipinski definition) is 5. The number of nitrogens with one attached hydrogen (secondary N) is 1. The van der Waals surface area contributed by atoms with Crippen LogP contribution in [0.5, 0.6) is 0 Å². The van der Waals surface area contributed by atoms with E-state index in [0.29, 0.717) is 38.3 Å². The number of carbonyl (C=O) groups is 2. The first-order valence-electron chi connectivity index (χ1n) is 6.60. The number of rotatable bonds is 3. The molecule has 1 aromatic heterocycles. The Bertz CT molecular complexity index is 535. The molecule has 108 valence electrons. The molecule has 3 N–H and O–H groups in total. The minimum Gasteiger partial charge on any atom is -0.396 e. The number of imide groups is 1. The van der Waals surface area contributed by atoms with Gasteiger partial charge >= 0.3 is 6.03 Å². The van der Waals surface area contributed by atoms with Crippen LogP contribution < -0.4 is 11.1 Å². The van der Waals surface area contributed by atoms with E-state index in [9.17, 15) is 9.59 Å². The van der Waals surface area contributed by atoms with Crippen molar-refractivity contribution in [3.05, 3.63) is 12.4 Å². The molecule has 0 saturated carbocycles. The summed E-state index contributed by atoms with van der Waals surface area (Å²) in [5.74, 6) is -0.161. The van der Waals surface area contributed by atoms with E-state index < -0.39 is 5.54 Å². The molecule has 1 aromatic rings. The molecule has 2 aliphatic rings. The van der Waals surface area contributed by atoms with Crippen molar-refractivity contribution in [2.45, 2.75) is 24.9 Å². The van der Waals surface area contributed by atoms with Gasteiger partial charge < -0.3 is 15.8 Å². The Morgan fingerprint density at radius 2 is 2.10 bits per heavy atom. The van der Waals surface area contributed by atoms with Gasteiger partial charge in [-0.25, -0.2) is 4.79 Å². The molecule has 2 saturated heterocycles. The molecule has 1 spiro atoms. The van der Waals surface area contributed by atoms with Crippen LogP contribution in [0.25, 0.3) is 0 Å². The lowest BCUT2D eigenvalue weighted by atomic mass is 9.90. The Balaban J connectivity index is 1.67. The number of nitrogen functional groups attached to an aromatic ring is 1. The number of amides is 3. The maximum atomic E-state index is 12.5. The second-order valence-corrected chi connectivity index (χ2v) is 5.12. The summed E-state index contributed by atoms with van der Waals surface area (Å²) in [5, 5.41) is 6.85. The largest absolute Gasteiger partial charge is 0.396 e. The highest BCUT2D eigenvalue weighted by molar-refractivity contribution is 6.07. The van der Waals surface area contributed by atoms with Gasteiger partial charge in [0.25, 0.3) is 5.91 Å². The minimum atomic E-state index is -0.765. The lowest BCUT2D eigenvalue weighted by Gasteiger charge is -2.30. The summed E-state index contributed by atoms with van der Waals surface area (Å²) in [6.07, 6.45) is 4.26. The van der Waals surface area contributed by atoms with Crippen molar-refractivity contribution in [3.63, 3.8) is 0 Å². The lowest BCUT2D eigenvalue weighted by Crippen LogP contribution is -2.51. The number of carbonyl (C=O) groups excluding carboxylic acids is 2. The molecule has 20 heavy (non-hydrogen) atoms. The quantitative estimate of drug-likeness (QED) is 0.731. The van der Waals surface area contributed by atoms with Gasteiger partial charge in [0, 0.05) is 32.3 Å². The third-order valence-electron chi connectivity index (χ3n) is 3.80. The number of hydrogen-bond donors (Lipinski definition) is 2. The van der Waals surface area contributed by atoms with E-state index in [1.165, 1.54) is 11.1 Å². The molecule has 3 heterocycles. The Morgan fingerprint density at radius 1 is 1.35 bits per heavy atom. The van der Waals surface area contributed by atoms with E-state index in [4.69, 9.17) is 10.5 Å². The molecule has 0 radical (unpaired) electrons. The van der Waals surface area contributed by atoms with Crippen molar-refractivity contribution < 1.29 is 14.3 Å². The van der Waals surface area contributed by atoms with Crippen molar-refractivity contribution in [1.82, 2.24) is 20.0 Å². The Hall–Kier alpha value is -2.09. The van der Waals surface area contributed by atoms with Crippen molar-refractivity contribution in [2.24, 2.45) is 0 Å². The number of ether oxygens (including phenoxy) is 1. The lowest BCUT2D eigenvalue weighted by molar-refractivity contribution is -0.134. The highest BCUT2D eigenvalue weighted by Crippen LogP contribution is 2.28. The van der Waals surface area contributed by atoms with Crippen LogP contribution in [-0.4, -0.2) is 51.9 Å². The molecule has 2 fully saturated rings. The molecular weight excluding hydrogens is 262 g/mol. The minimum absolute atomic E-state index is 0.161. The first-order valence-corrected chi connectivity index (χ1v) is 6.60. The summed E-state index contributed by atoms with van der Waals surface area (Å²) in [6, 6.07) is -0.336. The van der Waals surface area contributed by atoms with Gasteiger partial charge in [-0.05, 0) is 0 Å². The van der Waals surface area contributed by atoms with Gasteiger partial charge in [-0.2, -0.15) is 5.10 Å². The Morgan fingerprint density at radius 3 is 2.75 bits per heavy atom. The van der Waals surface area contributed by atoms with Gasteiger partial charge in [-0.15, -0.1) is 0 Å². The van der Waals surface area contributed by atoms with Crippen LogP contribution in [0, 0.1) is 0 Å². The van der Waals surface area contributed by atoms with E-state index in [0.717, 1.165) is 0 Å². The monoisotopic (exact) mass is 279 g/mol. The maximum Gasteiger partial charge on any atom is 0.325 e. The van der Waals surface area contributed by atoms with Crippen LogP contribution in [-0.2, 0) is 16.1 Å². The SMILES string of the molecule is Nc1cnn(CCN2C(=O)NC3(CCOCC3)C2=O)c1. The molecule has 3 amide bonds. The molecule has 0 bridgehead atoms. The van der Waals surface area contributed by atoms with Crippen LogP contribution in [0.3, 0.4) is 0 Å². The van der Waals surface area contributed by atoms with Crippen molar-refractivity contribution >= 4 is 17.6 Å². The topological polar surface area (TPSA) is 102 Å². The molecular formula is C12H17N5O3. The molecule has 8 nitrogen and oxygen atoms in total. The predicted octanol–water partition coefficient (Wildman–Crippen LogP) is -0.434. The highest BCUT2D eigenvalue weighted by atomic mass is 16.5. The number of nitrogens with two attached hydrogens (primary N) is 1. The maximum absolute atomic E-state index is 12.5. The number of nitrogens with zero attached hydrogens (tertiary/aromatic N) is 3. The van der Waals surface area contributed by atoms with Crippen LogP contribution in [0.1, 0.15) is 12.8 Å². The van der Waals surface area contributed by atoms with E-state index in [-0.39, 0.29) is 18.5 Å². The summed E-state index contributed by atoms with van der Waals surface area (Å²) >= 11 is 0. The number of anilines is 1. The van der Waals surface area contributed by atoms with Crippen LogP contribution in [0.4, 0.5) is 10.5 Å². The summed E-state index contributed by atoms with van der Waals surface area (Å²) in [4.78, 5) is 25.7. The molecule has 3 rings (SSSR count). The zero-order valence-electron chi connectivity index (χ0n) is 11.0. The number of aromatic nitrogens is 2. The fourth-order valence-corrected chi connectivity index (χ4v) is 2.64. The van der Waals surface area contributed by atoms with E-state index >= 15 is 0 Å². The third kappa shape index (κ3) is 2.11. The number of urea groups is 1. The molecule has 0 aliphatic carbocycles. The van der Waals surface area contributed by atoms with E-state index in [1.54, 1.807) is 10.9 Å². The summed E-state index contributed by atoms with van der Waals surface area (Å²) in [5.41, 5.74) is 5.36. The summed E-state index contributed by atoms with van der Waals surface area (Å²) in [6.45, 7) is 1.71. The molecule has 2 aliphatic heterocycles. The molecule has 0 aromatic carbocycles. The van der Waals surface area contributed by atoms with Crippen LogP contribution in [0.15, 0.2) is 12.4 Å². The smallest absolute Gasteiger partial charge is 0.325 e. The standard InChI is InChI=1S/C12H17N5O3/c13-9-7-14-16(8-9)3-4-17-10(18)12(15-11(17)19)1-5-20-6-2-12/h7-8H,1-6,13H2,(H,15,19). The zero-order chi connectivity index (χ0) is 14.2. The highest BCUT2D eigenvalue weighted by Gasteiger charge is 2.51. The molecule has 0 unspecified atom stereocenters. The van der Waals surface area contributed by atoms with Gasteiger partial charge in [0.15, 0.2) is 0 Å². The normalized spacial score (nSPS) is 21.5. The zero-order valence-corrected chi connectivity index (χ0v) is 11.0. The van der Waals surface area contributed by atoms with Crippen molar-refractivity contribution in [3.8, 4) is 0 Å².